The van der Waals surface area contributed by atoms with Crippen molar-refractivity contribution in [3.05, 3.63) is 41.2 Å². The standard InChI is InChI=1S/C21H24ClN3O4/c1-14-10-15(12-23-21(14)22)25-7-9-28-19-3-2-16(11-18(19)25)29-17-4-6-24(13-17)20(27)5-8-26/h2-3,10-12,17,26H,4-9,13H2,1H3/t17-/m0/s1. The maximum absolute atomic E-state index is 12.0. The molecule has 1 aromatic carbocycles. The number of carbonyl (C=O) groups excluding carboxylic acids is 1. The van der Waals surface area contributed by atoms with Crippen molar-refractivity contribution >= 4 is 28.9 Å². The molecule has 29 heavy (non-hydrogen) atoms. The first-order valence-electron chi connectivity index (χ1n) is 9.77. The van der Waals surface area contributed by atoms with Crippen LogP contribution in [0.3, 0.4) is 0 Å². The first kappa shape index (κ1) is 19.8. The minimum Gasteiger partial charge on any atom is -0.490 e. The van der Waals surface area contributed by atoms with Gasteiger partial charge in [0, 0.05) is 25.5 Å². The lowest BCUT2D eigenvalue weighted by molar-refractivity contribution is -0.131. The molecule has 2 aliphatic heterocycles. The fourth-order valence-corrected chi connectivity index (χ4v) is 3.83. The number of benzene rings is 1. The molecule has 0 radical (unpaired) electrons. The van der Waals surface area contributed by atoms with Crippen molar-refractivity contribution in [3.8, 4) is 11.5 Å². The number of rotatable bonds is 5. The Morgan fingerprint density at radius 1 is 1.38 bits per heavy atom. The van der Waals surface area contributed by atoms with Crippen LogP contribution >= 0.6 is 11.6 Å². The molecule has 0 spiro atoms. The maximum Gasteiger partial charge on any atom is 0.225 e. The molecule has 0 bridgehead atoms. The summed E-state index contributed by atoms with van der Waals surface area (Å²) >= 11 is 6.08. The number of halogens is 1. The number of likely N-dealkylation sites (tertiary alicyclic amines) is 1. The van der Waals surface area contributed by atoms with Gasteiger partial charge in [-0.2, -0.15) is 0 Å². The van der Waals surface area contributed by atoms with Crippen LogP contribution in [-0.4, -0.2) is 59.8 Å². The normalized spacial score (nSPS) is 18.4. The zero-order valence-electron chi connectivity index (χ0n) is 16.3. The Kier molecular flexibility index (Phi) is 5.78. The molecular weight excluding hydrogens is 394 g/mol. The van der Waals surface area contributed by atoms with Crippen LogP contribution in [0.1, 0.15) is 18.4 Å². The van der Waals surface area contributed by atoms with Crippen molar-refractivity contribution in [2.24, 2.45) is 0 Å². The van der Waals surface area contributed by atoms with Gasteiger partial charge in [-0.1, -0.05) is 11.6 Å². The zero-order valence-corrected chi connectivity index (χ0v) is 17.1. The van der Waals surface area contributed by atoms with Gasteiger partial charge in [0.2, 0.25) is 5.91 Å². The predicted octanol–water partition coefficient (Wildman–Crippen LogP) is 2.94. The number of aliphatic hydroxyl groups excluding tert-OH is 1. The van der Waals surface area contributed by atoms with Crippen LogP contribution in [0, 0.1) is 6.92 Å². The number of fused-ring (bicyclic) bond motifs is 1. The smallest absolute Gasteiger partial charge is 0.225 e. The molecule has 1 atom stereocenters. The van der Waals surface area contributed by atoms with Gasteiger partial charge in [0.05, 0.1) is 37.3 Å². The number of anilines is 2. The van der Waals surface area contributed by atoms with Gasteiger partial charge in [0.1, 0.15) is 29.4 Å². The first-order valence-corrected chi connectivity index (χ1v) is 10.1. The van der Waals surface area contributed by atoms with Crippen molar-refractivity contribution < 1.29 is 19.4 Å². The lowest BCUT2D eigenvalue weighted by Crippen LogP contribution is -2.31. The third-order valence-corrected chi connectivity index (χ3v) is 5.63. The summed E-state index contributed by atoms with van der Waals surface area (Å²) in [7, 11) is 0. The van der Waals surface area contributed by atoms with Crippen molar-refractivity contribution in [1.82, 2.24) is 9.88 Å². The van der Waals surface area contributed by atoms with E-state index in [0.717, 1.165) is 34.9 Å². The maximum atomic E-state index is 12.0. The summed E-state index contributed by atoms with van der Waals surface area (Å²) in [6, 6.07) is 7.79. The number of amides is 1. The van der Waals surface area contributed by atoms with E-state index in [1.165, 1.54) is 0 Å². The van der Waals surface area contributed by atoms with E-state index in [9.17, 15) is 4.79 Å². The Balaban J connectivity index is 1.51. The lowest BCUT2D eigenvalue weighted by Gasteiger charge is -2.31. The second kappa shape index (κ2) is 8.47. The van der Waals surface area contributed by atoms with Gasteiger partial charge >= 0.3 is 0 Å². The van der Waals surface area contributed by atoms with Crippen LogP contribution in [0.4, 0.5) is 11.4 Å². The number of hydrogen-bond donors (Lipinski definition) is 1. The highest BCUT2D eigenvalue weighted by atomic mass is 35.5. The molecule has 1 amide bonds. The summed E-state index contributed by atoms with van der Waals surface area (Å²) in [6.07, 6.45) is 2.63. The molecule has 2 aromatic rings. The quantitative estimate of drug-likeness (QED) is 0.754. The molecule has 3 heterocycles. The summed E-state index contributed by atoms with van der Waals surface area (Å²) < 4.78 is 12.0. The highest BCUT2D eigenvalue weighted by Gasteiger charge is 2.28. The van der Waals surface area contributed by atoms with Crippen molar-refractivity contribution in [2.45, 2.75) is 25.9 Å². The molecular formula is C21H24ClN3O4. The summed E-state index contributed by atoms with van der Waals surface area (Å²) in [5.74, 6) is 1.50. The average Bonchev–Trinajstić information content (AvgIpc) is 3.18. The molecule has 1 saturated heterocycles. The average molecular weight is 418 g/mol. The number of ether oxygens (including phenoxy) is 2. The number of aliphatic hydroxyl groups is 1. The number of hydrogen-bond acceptors (Lipinski definition) is 6. The van der Waals surface area contributed by atoms with Crippen LogP contribution < -0.4 is 14.4 Å². The van der Waals surface area contributed by atoms with Gasteiger partial charge in [-0.15, -0.1) is 0 Å². The molecule has 0 saturated carbocycles. The second-order valence-corrected chi connectivity index (χ2v) is 7.63. The largest absolute Gasteiger partial charge is 0.490 e. The Morgan fingerprint density at radius 3 is 3.03 bits per heavy atom. The lowest BCUT2D eigenvalue weighted by atomic mass is 10.2. The van der Waals surface area contributed by atoms with Crippen molar-refractivity contribution in [1.29, 1.82) is 0 Å². The predicted molar refractivity (Wildman–Crippen MR) is 110 cm³/mol. The van der Waals surface area contributed by atoms with Gasteiger partial charge < -0.3 is 24.4 Å². The Labute approximate surface area is 174 Å². The Bertz CT molecular complexity index is 907. The van der Waals surface area contributed by atoms with Crippen LogP contribution in [-0.2, 0) is 4.79 Å². The molecule has 1 aromatic heterocycles. The number of nitrogens with zero attached hydrogens (tertiary/aromatic N) is 3. The summed E-state index contributed by atoms with van der Waals surface area (Å²) in [5, 5.41) is 9.46. The molecule has 154 valence electrons. The van der Waals surface area contributed by atoms with E-state index in [4.69, 9.17) is 26.2 Å². The Hall–Kier alpha value is -2.51. The number of aromatic nitrogens is 1. The fourth-order valence-electron chi connectivity index (χ4n) is 3.73. The van der Waals surface area contributed by atoms with E-state index in [-0.39, 0.29) is 25.0 Å². The van der Waals surface area contributed by atoms with Gasteiger partial charge in [-0.05, 0) is 30.7 Å². The minimum atomic E-state index is -0.124. The van der Waals surface area contributed by atoms with Crippen LogP contribution in [0.2, 0.25) is 5.15 Å². The van der Waals surface area contributed by atoms with Gasteiger partial charge in [0.25, 0.3) is 0 Å². The molecule has 0 aliphatic carbocycles. The molecule has 0 unspecified atom stereocenters. The van der Waals surface area contributed by atoms with E-state index in [1.807, 2.05) is 31.2 Å². The highest BCUT2D eigenvalue weighted by Crippen LogP contribution is 2.39. The van der Waals surface area contributed by atoms with Crippen molar-refractivity contribution in [2.75, 3.05) is 37.7 Å². The topological polar surface area (TPSA) is 75.1 Å². The molecule has 8 heteroatoms. The molecule has 4 rings (SSSR count). The number of pyridine rings is 1. The number of carbonyl (C=O) groups is 1. The summed E-state index contributed by atoms with van der Waals surface area (Å²) in [5.41, 5.74) is 2.79. The molecule has 2 aliphatic rings. The van der Waals surface area contributed by atoms with E-state index < -0.39 is 0 Å². The van der Waals surface area contributed by atoms with E-state index in [1.54, 1.807) is 11.1 Å². The van der Waals surface area contributed by atoms with Crippen LogP contribution in [0.25, 0.3) is 0 Å². The molecule has 7 nitrogen and oxygen atoms in total. The monoisotopic (exact) mass is 417 g/mol. The third-order valence-electron chi connectivity index (χ3n) is 5.23. The Morgan fingerprint density at radius 2 is 2.24 bits per heavy atom. The van der Waals surface area contributed by atoms with Gasteiger partial charge in [-0.25, -0.2) is 4.98 Å². The highest BCUT2D eigenvalue weighted by molar-refractivity contribution is 6.30. The molecule has 1 fully saturated rings. The summed E-state index contributed by atoms with van der Waals surface area (Å²) in [4.78, 5) is 20.1. The van der Waals surface area contributed by atoms with Crippen LogP contribution in [0.15, 0.2) is 30.5 Å². The minimum absolute atomic E-state index is 0.0331. The molecule has 1 N–H and O–H groups in total. The van der Waals surface area contributed by atoms with Gasteiger partial charge in [0.15, 0.2) is 0 Å². The zero-order chi connectivity index (χ0) is 20.4. The second-order valence-electron chi connectivity index (χ2n) is 7.27. The third kappa shape index (κ3) is 4.26. The summed E-state index contributed by atoms with van der Waals surface area (Å²) in [6.45, 7) is 4.28. The SMILES string of the molecule is Cc1cc(N2CCOc3ccc(O[C@H]4CCN(C(=O)CCO)C4)cc32)cnc1Cl. The fraction of sp³-hybridized carbons (Fsp3) is 0.429. The van der Waals surface area contributed by atoms with E-state index >= 15 is 0 Å². The van der Waals surface area contributed by atoms with Crippen LogP contribution in [0.5, 0.6) is 11.5 Å². The van der Waals surface area contributed by atoms with Crippen molar-refractivity contribution in [3.63, 3.8) is 0 Å². The van der Waals surface area contributed by atoms with E-state index in [0.29, 0.717) is 31.4 Å². The van der Waals surface area contributed by atoms with Gasteiger partial charge in [-0.3, -0.25) is 4.79 Å². The van der Waals surface area contributed by atoms with E-state index in [2.05, 4.69) is 9.88 Å². The first-order chi connectivity index (χ1) is 14.0. The number of aryl methyl sites for hydroxylation is 1.